The van der Waals surface area contributed by atoms with Crippen molar-refractivity contribution in [1.82, 2.24) is 0 Å². The van der Waals surface area contributed by atoms with Crippen LogP contribution in [0.3, 0.4) is 0 Å². The molecule has 0 saturated carbocycles. The maximum absolute atomic E-state index is 9.13. The molecule has 0 bridgehead atoms. The molecule has 0 amide bonds. The van der Waals surface area contributed by atoms with E-state index in [-0.39, 0.29) is 6.10 Å². The molecule has 1 rings (SSSR count). The highest BCUT2D eigenvalue weighted by atomic mass is 79.9. The van der Waals surface area contributed by atoms with E-state index in [9.17, 15) is 0 Å². The highest BCUT2D eigenvalue weighted by molar-refractivity contribution is 9.10. The molecule has 11 heavy (non-hydrogen) atoms. The van der Waals surface area contributed by atoms with Crippen LogP contribution >= 0.6 is 27.3 Å². The Hall–Kier alpha value is 0.140. The van der Waals surface area contributed by atoms with Crippen molar-refractivity contribution >= 4 is 27.3 Å². The van der Waals surface area contributed by atoms with E-state index in [1.54, 1.807) is 11.3 Å². The minimum Gasteiger partial charge on any atom is -0.393 e. The summed E-state index contributed by atoms with van der Waals surface area (Å²) in [5, 5.41) is 9.13. The van der Waals surface area contributed by atoms with Crippen molar-refractivity contribution in [1.29, 1.82) is 0 Å². The third kappa shape index (κ3) is 2.58. The first-order chi connectivity index (χ1) is 5.09. The molecule has 0 aliphatic carbocycles. The summed E-state index contributed by atoms with van der Waals surface area (Å²) in [7, 11) is 0. The zero-order chi connectivity index (χ0) is 8.43. The van der Waals surface area contributed by atoms with E-state index in [0.29, 0.717) is 0 Å². The second-order valence-electron chi connectivity index (χ2n) is 2.68. The van der Waals surface area contributed by atoms with Crippen LogP contribution in [0.1, 0.15) is 16.7 Å². The minimum atomic E-state index is -0.246. The molecule has 62 valence electrons. The lowest BCUT2D eigenvalue weighted by atomic mass is 10.2. The smallest absolute Gasteiger partial charge is 0.0560 e. The number of rotatable bonds is 2. The lowest BCUT2D eigenvalue weighted by Gasteiger charge is -2.00. The Morgan fingerprint density at radius 3 is 2.73 bits per heavy atom. The normalized spacial score (nSPS) is 13.5. The van der Waals surface area contributed by atoms with Gasteiger partial charge in [0.05, 0.1) is 6.10 Å². The van der Waals surface area contributed by atoms with Crippen molar-refractivity contribution in [2.45, 2.75) is 26.4 Å². The SMILES string of the molecule is Cc1cc(Br)c(C[C@@H](C)O)s1. The number of thiophene rings is 1. The molecule has 1 aromatic heterocycles. The Morgan fingerprint density at radius 2 is 2.36 bits per heavy atom. The Morgan fingerprint density at radius 1 is 1.73 bits per heavy atom. The lowest BCUT2D eigenvalue weighted by Crippen LogP contribution is -2.02. The van der Waals surface area contributed by atoms with Gasteiger partial charge in [-0.3, -0.25) is 0 Å². The number of aliphatic hydroxyl groups excluding tert-OH is 1. The predicted molar refractivity (Wildman–Crippen MR) is 52.1 cm³/mol. The second-order valence-corrected chi connectivity index (χ2v) is 4.88. The summed E-state index contributed by atoms with van der Waals surface area (Å²) in [4.78, 5) is 2.52. The molecule has 0 aliphatic heterocycles. The molecule has 0 fully saturated rings. The number of halogens is 1. The highest BCUT2D eigenvalue weighted by Crippen LogP contribution is 2.27. The van der Waals surface area contributed by atoms with Gasteiger partial charge in [0, 0.05) is 20.6 Å². The fourth-order valence-corrected chi connectivity index (χ4v) is 2.88. The zero-order valence-corrected chi connectivity index (χ0v) is 9.00. The second kappa shape index (κ2) is 3.70. The van der Waals surface area contributed by atoms with Crippen LogP contribution in [-0.4, -0.2) is 11.2 Å². The maximum Gasteiger partial charge on any atom is 0.0560 e. The minimum absolute atomic E-state index is 0.246. The van der Waals surface area contributed by atoms with Crippen LogP contribution in [0.15, 0.2) is 10.5 Å². The van der Waals surface area contributed by atoms with Crippen LogP contribution < -0.4 is 0 Å². The van der Waals surface area contributed by atoms with Gasteiger partial charge in [-0.2, -0.15) is 0 Å². The van der Waals surface area contributed by atoms with Gasteiger partial charge in [-0.15, -0.1) is 11.3 Å². The van der Waals surface area contributed by atoms with Crippen molar-refractivity contribution in [2.24, 2.45) is 0 Å². The van der Waals surface area contributed by atoms with Gasteiger partial charge in [0.15, 0.2) is 0 Å². The zero-order valence-electron chi connectivity index (χ0n) is 6.60. The van der Waals surface area contributed by atoms with Gasteiger partial charge in [-0.1, -0.05) is 0 Å². The van der Waals surface area contributed by atoms with Crippen LogP contribution in [-0.2, 0) is 6.42 Å². The third-order valence-electron chi connectivity index (χ3n) is 1.36. The number of aliphatic hydroxyl groups is 1. The largest absolute Gasteiger partial charge is 0.393 e. The van der Waals surface area contributed by atoms with E-state index < -0.39 is 0 Å². The number of aryl methyl sites for hydroxylation is 1. The molecule has 0 unspecified atom stereocenters. The van der Waals surface area contributed by atoms with Crippen LogP contribution in [0.2, 0.25) is 0 Å². The molecule has 1 nitrogen and oxygen atoms in total. The number of hydrogen-bond acceptors (Lipinski definition) is 2. The quantitative estimate of drug-likeness (QED) is 0.835. The van der Waals surface area contributed by atoms with Gasteiger partial charge >= 0.3 is 0 Å². The molecule has 0 radical (unpaired) electrons. The van der Waals surface area contributed by atoms with Crippen LogP contribution in [0, 0.1) is 6.92 Å². The summed E-state index contributed by atoms with van der Waals surface area (Å²) in [5.41, 5.74) is 0. The molecule has 1 atom stereocenters. The van der Waals surface area contributed by atoms with Crippen molar-refractivity contribution < 1.29 is 5.11 Å². The van der Waals surface area contributed by atoms with Crippen molar-refractivity contribution in [3.63, 3.8) is 0 Å². The van der Waals surface area contributed by atoms with Gasteiger partial charge < -0.3 is 5.11 Å². The first-order valence-corrected chi connectivity index (χ1v) is 5.13. The topological polar surface area (TPSA) is 20.2 Å². The first kappa shape index (κ1) is 9.23. The molecule has 1 heterocycles. The molecule has 0 saturated heterocycles. The van der Waals surface area contributed by atoms with E-state index in [4.69, 9.17) is 5.11 Å². The standard InChI is InChI=1S/C8H11BrOS/c1-5(10)3-8-7(9)4-6(2)11-8/h4-5,10H,3H2,1-2H3/t5-/m1/s1. The summed E-state index contributed by atoms with van der Waals surface area (Å²) in [6, 6.07) is 2.09. The summed E-state index contributed by atoms with van der Waals surface area (Å²) in [6.45, 7) is 3.88. The van der Waals surface area contributed by atoms with Gasteiger partial charge in [0.2, 0.25) is 0 Å². The molecule has 3 heteroatoms. The van der Waals surface area contributed by atoms with E-state index >= 15 is 0 Å². The third-order valence-corrected chi connectivity index (χ3v) is 3.40. The molecular formula is C8H11BrOS. The Labute approximate surface area is 79.2 Å². The molecular weight excluding hydrogens is 224 g/mol. The molecule has 1 N–H and O–H groups in total. The fraction of sp³-hybridized carbons (Fsp3) is 0.500. The monoisotopic (exact) mass is 234 g/mol. The van der Waals surface area contributed by atoms with E-state index in [1.165, 1.54) is 9.75 Å². The Bertz CT molecular complexity index is 242. The molecule has 0 aliphatic rings. The van der Waals surface area contributed by atoms with Crippen molar-refractivity contribution in [2.75, 3.05) is 0 Å². The summed E-state index contributed by atoms with van der Waals surface area (Å²) >= 11 is 5.18. The van der Waals surface area contributed by atoms with E-state index in [2.05, 4.69) is 28.9 Å². The van der Waals surface area contributed by atoms with Gasteiger partial charge in [-0.25, -0.2) is 0 Å². The lowest BCUT2D eigenvalue weighted by molar-refractivity contribution is 0.196. The summed E-state index contributed by atoms with van der Waals surface area (Å²) in [5.74, 6) is 0. The molecule has 0 spiro atoms. The van der Waals surface area contributed by atoms with Crippen LogP contribution in [0.4, 0.5) is 0 Å². The average molecular weight is 235 g/mol. The average Bonchev–Trinajstić information content (AvgIpc) is 2.09. The first-order valence-electron chi connectivity index (χ1n) is 3.52. The van der Waals surface area contributed by atoms with Crippen LogP contribution in [0.5, 0.6) is 0 Å². The highest BCUT2D eigenvalue weighted by Gasteiger charge is 2.06. The predicted octanol–water partition coefficient (Wildman–Crippen LogP) is 2.74. The van der Waals surface area contributed by atoms with Crippen molar-refractivity contribution in [3.8, 4) is 0 Å². The molecule has 1 aromatic rings. The Balaban J connectivity index is 2.77. The summed E-state index contributed by atoms with van der Waals surface area (Å²) in [6.07, 6.45) is 0.503. The molecule has 0 aromatic carbocycles. The Kier molecular flexibility index (Phi) is 3.10. The maximum atomic E-state index is 9.13. The van der Waals surface area contributed by atoms with E-state index in [1.807, 2.05) is 6.92 Å². The van der Waals surface area contributed by atoms with Crippen molar-refractivity contribution in [3.05, 3.63) is 20.3 Å². The summed E-state index contributed by atoms with van der Waals surface area (Å²) < 4.78 is 1.13. The van der Waals surface area contributed by atoms with Gasteiger partial charge in [0.1, 0.15) is 0 Å². The fourth-order valence-electron chi connectivity index (χ4n) is 0.939. The van der Waals surface area contributed by atoms with Crippen LogP contribution in [0.25, 0.3) is 0 Å². The number of hydrogen-bond donors (Lipinski definition) is 1. The van der Waals surface area contributed by atoms with E-state index in [0.717, 1.165) is 10.9 Å². The van der Waals surface area contributed by atoms with Gasteiger partial charge in [0.25, 0.3) is 0 Å². The van der Waals surface area contributed by atoms with Gasteiger partial charge in [-0.05, 0) is 35.8 Å².